The first-order chi connectivity index (χ1) is 17.1. The molecule has 3 atom stereocenters. The van der Waals surface area contributed by atoms with Crippen molar-refractivity contribution in [1.82, 2.24) is 34.0 Å². The fraction of sp³-hybridized carbons (Fsp3) is 0.458. The topological polar surface area (TPSA) is 174 Å². The van der Waals surface area contributed by atoms with E-state index < -0.39 is 17.7 Å². The van der Waals surface area contributed by atoms with Crippen LogP contribution >= 0.6 is 0 Å². The van der Waals surface area contributed by atoms with E-state index in [0.717, 1.165) is 16.9 Å². The number of rotatable bonds is 5. The number of carbonyl (C=O) groups excluding carboxylic acids is 1. The van der Waals surface area contributed by atoms with Gasteiger partial charge in [-0.25, -0.2) is 9.97 Å². The number of fused-ring (bicyclic) bond motifs is 2. The molecule has 5 rings (SSSR count). The zero-order valence-electron chi connectivity index (χ0n) is 20.4. The van der Waals surface area contributed by atoms with E-state index in [1.807, 2.05) is 35.9 Å². The third kappa shape index (κ3) is 4.33. The number of benzene rings is 1. The second-order valence-corrected chi connectivity index (χ2v) is 9.75. The van der Waals surface area contributed by atoms with Crippen molar-refractivity contribution in [3.63, 3.8) is 0 Å². The molecular weight excluding hydrogens is 462 g/mol. The number of nitrogens with two attached hydrogens (primary N) is 2. The lowest BCUT2D eigenvalue weighted by Crippen LogP contribution is -2.42. The van der Waals surface area contributed by atoms with Crippen molar-refractivity contribution in [2.75, 3.05) is 24.6 Å². The number of anilines is 2. The molecule has 0 unspecified atom stereocenters. The monoisotopic (exact) mass is 493 g/mol. The Bertz CT molecular complexity index is 1430. The molecule has 1 aromatic carbocycles. The Hall–Kier alpha value is -3.77. The SMILES string of the molecule is Cn1c(CCCC(=O)N2C[C@@H](O)C[C@@](C)(O)[C@H](n3cnc4c(N)nc(N)nc43)C2)nc2ccccc21. The van der Waals surface area contributed by atoms with E-state index in [2.05, 4.69) is 19.9 Å². The number of hydrogen-bond donors (Lipinski definition) is 4. The second-order valence-electron chi connectivity index (χ2n) is 9.75. The van der Waals surface area contributed by atoms with Gasteiger partial charge >= 0.3 is 0 Å². The van der Waals surface area contributed by atoms with Gasteiger partial charge in [-0.2, -0.15) is 9.97 Å². The number of nitrogens with zero attached hydrogens (tertiary/aromatic N) is 7. The lowest BCUT2D eigenvalue weighted by molar-refractivity contribution is -0.132. The Morgan fingerprint density at radius 1 is 1.19 bits per heavy atom. The molecule has 1 amide bonds. The Morgan fingerprint density at radius 2 is 1.97 bits per heavy atom. The molecule has 0 bridgehead atoms. The van der Waals surface area contributed by atoms with Crippen LogP contribution in [0.5, 0.6) is 0 Å². The molecule has 1 saturated heterocycles. The number of carbonyl (C=O) groups is 1. The minimum Gasteiger partial charge on any atom is -0.391 e. The summed E-state index contributed by atoms with van der Waals surface area (Å²) in [6, 6.07) is 7.30. The minimum atomic E-state index is -1.34. The third-order valence-corrected chi connectivity index (χ3v) is 7.02. The molecule has 4 aromatic rings. The molecule has 1 aliphatic heterocycles. The minimum absolute atomic E-state index is 0.00933. The van der Waals surface area contributed by atoms with E-state index in [1.165, 1.54) is 6.33 Å². The van der Waals surface area contributed by atoms with Gasteiger partial charge in [0.25, 0.3) is 0 Å². The molecule has 0 radical (unpaired) electrons. The number of imidazole rings is 2. The van der Waals surface area contributed by atoms with Gasteiger partial charge < -0.3 is 35.7 Å². The van der Waals surface area contributed by atoms with Crippen molar-refractivity contribution in [3.8, 4) is 0 Å². The maximum Gasteiger partial charge on any atom is 0.224 e. The van der Waals surface area contributed by atoms with E-state index in [-0.39, 0.29) is 43.6 Å². The van der Waals surface area contributed by atoms with Crippen molar-refractivity contribution >= 4 is 39.9 Å². The summed E-state index contributed by atoms with van der Waals surface area (Å²) >= 11 is 0. The average molecular weight is 494 g/mol. The average Bonchev–Trinajstić information content (AvgIpc) is 3.33. The van der Waals surface area contributed by atoms with Gasteiger partial charge in [0.05, 0.1) is 35.1 Å². The van der Waals surface area contributed by atoms with Crippen LogP contribution in [0.2, 0.25) is 0 Å². The van der Waals surface area contributed by atoms with Gasteiger partial charge in [-0.15, -0.1) is 0 Å². The van der Waals surface area contributed by atoms with Crippen molar-refractivity contribution in [2.24, 2.45) is 7.05 Å². The number of aromatic nitrogens is 6. The molecule has 190 valence electrons. The van der Waals surface area contributed by atoms with E-state index in [0.29, 0.717) is 24.0 Å². The second kappa shape index (κ2) is 9.03. The largest absolute Gasteiger partial charge is 0.391 e. The van der Waals surface area contributed by atoms with Crippen LogP contribution in [0.25, 0.3) is 22.2 Å². The fourth-order valence-electron chi connectivity index (χ4n) is 5.16. The van der Waals surface area contributed by atoms with Crippen LogP contribution in [-0.4, -0.2) is 74.9 Å². The van der Waals surface area contributed by atoms with E-state index in [4.69, 9.17) is 11.5 Å². The zero-order valence-corrected chi connectivity index (χ0v) is 20.4. The van der Waals surface area contributed by atoms with Gasteiger partial charge in [0.2, 0.25) is 11.9 Å². The zero-order chi connectivity index (χ0) is 25.6. The highest BCUT2D eigenvalue weighted by molar-refractivity contribution is 5.83. The van der Waals surface area contributed by atoms with E-state index >= 15 is 0 Å². The predicted molar refractivity (Wildman–Crippen MR) is 135 cm³/mol. The quantitative estimate of drug-likeness (QED) is 0.313. The highest BCUT2D eigenvalue weighted by atomic mass is 16.3. The molecule has 6 N–H and O–H groups in total. The van der Waals surface area contributed by atoms with Crippen molar-refractivity contribution in [3.05, 3.63) is 36.4 Å². The summed E-state index contributed by atoms with van der Waals surface area (Å²) in [6.45, 7) is 1.94. The predicted octanol–water partition coefficient (Wildman–Crippen LogP) is 0.786. The maximum atomic E-state index is 13.3. The van der Waals surface area contributed by atoms with Crippen molar-refractivity contribution in [2.45, 2.75) is 50.4 Å². The number of β-amino-alcohol motifs (C(OH)–C–C–N with tert-alkyl or cyclic N) is 1. The molecule has 0 spiro atoms. The van der Waals surface area contributed by atoms with Gasteiger partial charge in [0.15, 0.2) is 11.5 Å². The van der Waals surface area contributed by atoms with Gasteiger partial charge in [-0.05, 0) is 25.5 Å². The molecule has 3 aromatic heterocycles. The number of aryl methyl sites for hydroxylation is 2. The lowest BCUT2D eigenvalue weighted by atomic mass is 9.91. The number of likely N-dealkylation sites (tertiary alicyclic amines) is 1. The van der Waals surface area contributed by atoms with Crippen LogP contribution < -0.4 is 11.5 Å². The summed E-state index contributed by atoms with van der Waals surface area (Å²) in [4.78, 5) is 32.0. The fourth-order valence-corrected chi connectivity index (χ4v) is 5.16. The summed E-state index contributed by atoms with van der Waals surface area (Å²) < 4.78 is 3.72. The normalized spacial score (nSPS) is 22.8. The van der Waals surface area contributed by atoms with Gasteiger partial charge in [0.1, 0.15) is 11.3 Å². The molecule has 12 heteroatoms. The number of hydrogen-bond acceptors (Lipinski definition) is 9. The standard InChI is InChI=1S/C24H31N9O3/c1-24(36)10-14(34)11-32(12-17(24)33-13-27-20-21(25)29-23(26)30-22(20)33)19(35)9-5-8-18-28-15-6-3-4-7-16(15)31(18)2/h3-4,6-7,13-14,17,34,36H,5,8-12H2,1-2H3,(H4,25,26,29,30)/t14-,17+,24+/m0/s1. The Morgan fingerprint density at radius 3 is 2.75 bits per heavy atom. The third-order valence-electron chi connectivity index (χ3n) is 7.02. The van der Waals surface area contributed by atoms with Crippen LogP contribution in [0.4, 0.5) is 11.8 Å². The summed E-state index contributed by atoms with van der Waals surface area (Å²) in [7, 11) is 1.98. The Kier molecular flexibility index (Phi) is 6.00. The van der Waals surface area contributed by atoms with Crippen molar-refractivity contribution < 1.29 is 15.0 Å². The van der Waals surface area contributed by atoms with Gasteiger partial charge in [0, 0.05) is 39.4 Å². The maximum absolute atomic E-state index is 13.3. The Balaban J connectivity index is 1.35. The van der Waals surface area contributed by atoms with Crippen LogP contribution in [-0.2, 0) is 18.3 Å². The highest BCUT2D eigenvalue weighted by Gasteiger charge is 2.42. The van der Waals surface area contributed by atoms with Crippen LogP contribution in [0, 0.1) is 0 Å². The van der Waals surface area contributed by atoms with E-state index in [9.17, 15) is 15.0 Å². The van der Waals surface area contributed by atoms with Gasteiger partial charge in [-0.3, -0.25) is 4.79 Å². The molecule has 4 heterocycles. The molecule has 36 heavy (non-hydrogen) atoms. The molecule has 1 fully saturated rings. The summed E-state index contributed by atoms with van der Waals surface area (Å²) in [5.41, 5.74) is 13.1. The number of amides is 1. The first-order valence-corrected chi connectivity index (χ1v) is 12.0. The van der Waals surface area contributed by atoms with Gasteiger partial charge in [-0.1, -0.05) is 12.1 Å². The summed E-state index contributed by atoms with van der Waals surface area (Å²) in [6.07, 6.45) is 2.26. The van der Waals surface area contributed by atoms with Crippen LogP contribution in [0.3, 0.4) is 0 Å². The first kappa shape index (κ1) is 23.9. The summed E-state index contributed by atoms with van der Waals surface area (Å²) in [5.74, 6) is 0.943. The first-order valence-electron chi connectivity index (χ1n) is 12.0. The smallest absolute Gasteiger partial charge is 0.224 e. The highest BCUT2D eigenvalue weighted by Crippen LogP contribution is 2.34. The Labute approximate surface area is 207 Å². The van der Waals surface area contributed by atoms with Crippen LogP contribution in [0.15, 0.2) is 30.6 Å². The molecule has 0 saturated carbocycles. The van der Waals surface area contributed by atoms with Crippen molar-refractivity contribution in [1.29, 1.82) is 0 Å². The van der Waals surface area contributed by atoms with Crippen LogP contribution in [0.1, 0.15) is 38.1 Å². The molecule has 1 aliphatic rings. The summed E-state index contributed by atoms with van der Waals surface area (Å²) in [5, 5.41) is 21.9. The molecule has 0 aliphatic carbocycles. The number of para-hydroxylation sites is 2. The number of nitrogen functional groups attached to an aromatic ring is 2. The van der Waals surface area contributed by atoms with E-state index in [1.54, 1.807) is 16.4 Å². The molecular formula is C24H31N9O3. The molecule has 12 nitrogen and oxygen atoms in total. The number of aliphatic hydroxyl groups is 2. The number of aliphatic hydroxyl groups excluding tert-OH is 1. The lowest BCUT2D eigenvalue weighted by Gasteiger charge is -2.34.